The minimum absolute atomic E-state index is 0.181. The Morgan fingerprint density at radius 2 is 2.07 bits per heavy atom. The van der Waals surface area contributed by atoms with Crippen molar-refractivity contribution in [1.82, 2.24) is 10.1 Å². The Labute approximate surface area is 172 Å². The molecule has 6 heteroatoms. The fourth-order valence-corrected chi connectivity index (χ4v) is 3.88. The number of nitrogens with zero attached hydrogens (tertiary/aromatic N) is 3. The summed E-state index contributed by atoms with van der Waals surface area (Å²) in [4.78, 5) is 17.3. The number of hydrogen-bond donors (Lipinski definition) is 0. The van der Waals surface area contributed by atoms with E-state index in [0.29, 0.717) is 19.8 Å². The van der Waals surface area contributed by atoms with Crippen LogP contribution >= 0.6 is 0 Å². The van der Waals surface area contributed by atoms with Crippen molar-refractivity contribution in [2.45, 2.75) is 52.6 Å². The van der Waals surface area contributed by atoms with Crippen molar-refractivity contribution in [3.8, 4) is 11.3 Å². The van der Waals surface area contributed by atoms with E-state index in [1.54, 1.807) is 0 Å². The molecule has 1 aliphatic carbocycles. The summed E-state index contributed by atoms with van der Waals surface area (Å²) in [6.07, 6.45) is 2.95. The number of aryl methyl sites for hydroxylation is 1. The van der Waals surface area contributed by atoms with Gasteiger partial charge >= 0.3 is 0 Å². The van der Waals surface area contributed by atoms with Gasteiger partial charge in [0.25, 0.3) is 0 Å². The minimum atomic E-state index is 0.181. The van der Waals surface area contributed by atoms with Crippen LogP contribution in [0.1, 0.15) is 44.2 Å². The molecule has 1 aromatic heterocycles. The van der Waals surface area contributed by atoms with Gasteiger partial charge in [-0.25, -0.2) is 0 Å². The average molecular weight is 398 g/mol. The first-order valence-corrected chi connectivity index (χ1v) is 10.8. The van der Waals surface area contributed by atoms with Gasteiger partial charge in [0.15, 0.2) is 0 Å². The normalized spacial score (nSPS) is 18.0. The molecule has 29 heavy (non-hydrogen) atoms. The van der Waals surface area contributed by atoms with Crippen molar-refractivity contribution in [2.75, 3.05) is 31.2 Å². The van der Waals surface area contributed by atoms with E-state index in [4.69, 9.17) is 9.26 Å². The van der Waals surface area contributed by atoms with Gasteiger partial charge in [-0.2, -0.15) is 0 Å². The van der Waals surface area contributed by atoms with Crippen LogP contribution in [0.15, 0.2) is 28.8 Å². The number of carbonyl (C=O) groups is 1. The molecule has 2 heterocycles. The van der Waals surface area contributed by atoms with E-state index in [1.807, 2.05) is 11.0 Å². The Morgan fingerprint density at radius 3 is 2.72 bits per heavy atom. The van der Waals surface area contributed by atoms with Gasteiger partial charge in [-0.15, -0.1) is 0 Å². The summed E-state index contributed by atoms with van der Waals surface area (Å²) in [5.41, 5.74) is 4.06. The summed E-state index contributed by atoms with van der Waals surface area (Å²) < 4.78 is 11.4. The molecule has 0 radical (unpaired) electrons. The van der Waals surface area contributed by atoms with Crippen molar-refractivity contribution in [1.29, 1.82) is 0 Å². The number of amides is 1. The molecule has 0 spiro atoms. The zero-order valence-corrected chi connectivity index (χ0v) is 17.7. The number of morpholine rings is 1. The summed E-state index contributed by atoms with van der Waals surface area (Å²) in [6.45, 7) is 9.78. The third kappa shape index (κ3) is 4.32. The molecule has 0 bridgehead atoms. The first-order valence-electron chi connectivity index (χ1n) is 10.8. The zero-order chi connectivity index (χ0) is 20.4. The number of rotatable bonds is 7. The monoisotopic (exact) mass is 397 g/mol. The second kappa shape index (κ2) is 8.57. The van der Waals surface area contributed by atoms with E-state index >= 15 is 0 Å². The van der Waals surface area contributed by atoms with E-state index < -0.39 is 0 Å². The Hall–Kier alpha value is -2.34. The molecule has 2 aliphatic rings. The standard InChI is InChI=1S/C23H31N3O3/c1-4-17(3)26(22(27)18-8-9-18)15-20-21(19-7-5-6-16(2)14-19)24-29-23(20)25-10-12-28-13-11-25/h5-7,14,17-18H,4,8-13,15H2,1-3H3/t17-/m1/s1. The molecule has 6 nitrogen and oxygen atoms in total. The van der Waals surface area contributed by atoms with E-state index in [0.717, 1.165) is 55.1 Å². The molecule has 0 N–H and O–H groups in total. The SMILES string of the molecule is CC[C@@H](C)N(Cc1c(-c2cccc(C)c2)noc1N1CCOCC1)C(=O)C1CC1. The third-order valence-corrected chi connectivity index (χ3v) is 6.02. The summed E-state index contributed by atoms with van der Waals surface area (Å²) in [5, 5.41) is 4.47. The smallest absolute Gasteiger partial charge is 0.233 e. The van der Waals surface area contributed by atoms with Crippen molar-refractivity contribution in [3.63, 3.8) is 0 Å². The molecule has 1 saturated carbocycles. The Kier molecular flexibility index (Phi) is 5.90. The van der Waals surface area contributed by atoms with Gasteiger partial charge in [-0.1, -0.05) is 35.8 Å². The highest BCUT2D eigenvalue weighted by Gasteiger charge is 2.36. The van der Waals surface area contributed by atoms with E-state index in [2.05, 4.69) is 49.0 Å². The van der Waals surface area contributed by atoms with Crippen LogP contribution in [-0.4, -0.2) is 48.3 Å². The Bertz CT molecular complexity index is 853. The lowest BCUT2D eigenvalue weighted by molar-refractivity contribution is -0.135. The third-order valence-electron chi connectivity index (χ3n) is 6.02. The van der Waals surface area contributed by atoms with Gasteiger partial charge < -0.3 is 19.1 Å². The molecular weight excluding hydrogens is 366 g/mol. The zero-order valence-electron chi connectivity index (χ0n) is 17.7. The fraction of sp³-hybridized carbons (Fsp3) is 0.565. The predicted molar refractivity (Wildman–Crippen MR) is 113 cm³/mol. The fourth-order valence-electron chi connectivity index (χ4n) is 3.88. The number of aromatic nitrogens is 1. The molecule has 2 fully saturated rings. The number of benzene rings is 1. The minimum Gasteiger partial charge on any atom is -0.378 e. The molecule has 156 valence electrons. The maximum atomic E-state index is 13.1. The maximum Gasteiger partial charge on any atom is 0.233 e. The first kappa shape index (κ1) is 20.0. The highest BCUT2D eigenvalue weighted by molar-refractivity contribution is 5.82. The lowest BCUT2D eigenvalue weighted by Crippen LogP contribution is -2.40. The molecule has 2 aromatic rings. The van der Waals surface area contributed by atoms with Crippen LogP contribution in [0.4, 0.5) is 5.88 Å². The molecule has 1 aliphatic heterocycles. The van der Waals surface area contributed by atoms with Crippen LogP contribution in [0.3, 0.4) is 0 Å². The van der Waals surface area contributed by atoms with Gasteiger partial charge in [0.05, 0.1) is 25.3 Å². The van der Waals surface area contributed by atoms with Crippen LogP contribution in [-0.2, 0) is 16.1 Å². The average Bonchev–Trinajstić information content (AvgIpc) is 3.51. The largest absolute Gasteiger partial charge is 0.378 e. The van der Waals surface area contributed by atoms with Gasteiger partial charge in [0.2, 0.25) is 11.8 Å². The first-order chi connectivity index (χ1) is 14.1. The summed E-state index contributed by atoms with van der Waals surface area (Å²) in [6, 6.07) is 8.49. The Balaban J connectivity index is 1.73. The lowest BCUT2D eigenvalue weighted by Gasteiger charge is -2.31. The molecule has 4 rings (SSSR count). The van der Waals surface area contributed by atoms with Gasteiger partial charge in [0, 0.05) is 30.6 Å². The molecular formula is C23H31N3O3. The van der Waals surface area contributed by atoms with Crippen LogP contribution in [0.2, 0.25) is 0 Å². The highest BCUT2D eigenvalue weighted by atomic mass is 16.5. The maximum absolute atomic E-state index is 13.1. The molecule has 1 amide bonds. The van der Waals surface area contributed by atoms with Crippen molar-refractivity contribution >= 4 is 11.8 Å². The second-order valence-electron chi connectivity index (χ2n) is 8.28. The topological polar surface area (TPSA) is 58.8 Å². The van der Waals surface area contributed by atoms with Gasteiger partial charge in [-0.05, 0) is 39.2 Å². The van der Waals surface area contributed by atoms with Crippen LogP contribution in [0, 0.1) is 12.8 Å². The van der Waals surface area contributed by atoms with Gasteiger partial charge in [0.1, 0.15) is 5.69 Å². The number of anilines is 1. The van der Waals surface area contributed by atoms with Crippen molar-refractivity contribution in [3.05, 3.63) is 35.4 Å². The summed E-state index contributed by atoms with van der Waals surface area (Å²) in [7, 11) is 0. The number of carbonyl (C=O) groups excluding carboxylic acids is 1. The van der Waals surface area contributed by atoms with E-state index in [9.17, 15) is 4.79 Å². The quantitative estimate of drug-likeness (QED) is 0.706. The van der Waals surface area contributed by atoms with Crippen LogP contribution in [0.25, 0.3) is 11.3 Å². The molecule has 1 atom stereocenters. The number of hydrogen-bond acceptors (Lipinski definition) is 5. The number of ether oxygens (including phenoxy) is 1. The summed E-state index contributed by atoms with van der Waals surface area (Å²) >= 11 is 0. The van der Waals surface area contributed by atoms with E-state index in [-0.39, 0.29) is 17.9 Å². The lowest BCUT2D eigenvalue weighted by atomic mass is 10.0. The second-order valence-corrected chi connectivity index (χ2v) is 8.28. The van der Waals surface area contributed by atoms with Crippen LogP contribution in [0.5, 0.6) is 0 Å². The van der Waals surface area contributed by atoms with E-state index in [1.165, 1.54) is 5.56 Å². The van der Waals surface area contributed by atoms with Crippen molar-refractivity contribution in [2.24, 2.45) is 5.92 Å². The van der Waals surface area contributed by atoms with Crippen molar-refractivity contribution < 1.29 is 14.1 Å². The predicted octanol–water partition coefficient (Wildman–Crippen LogP) is 4.02. The highest BCUT2D eigenvalue weighted by Crippen LogP contribution is 2.37. The molecule has 0 unspecified atom stereocenters. The van der Waals surface area contributed by atoms with Crippen LogP contribution < -0.4 is 4.90 Å². The summed E-state index contributed by atoms with van der Waals surface area (Å²) in [5.74, 6) is 1.24. The molecule has 1 aromatic carbocycles. The van der Waals surface area contributed by atoms with Gasteiger partial charge in [-0.3, -0.25) is 4.79 Å². The molecule has 1 saturated heterocycles. The Morgan fingerprint density at radius 1 is 1.31 bits per heavy atom.